The van der Waals surface area contributed by atoms with Crippen LogP contribution in [0.3, 0.4) is 0 Å². The molecule has 3 amide bonds. The topological polar surface area (TPSA) is 87.7 Å². The van der Waals surface area contributed by atoms with Gasteiger partial charge in [-0.1, -0.05) is 46.2 Å². The number of carbonyl (C=O) groups is 3. The minimum absolute atomic E-state index is 0.00495. The minimum atomic E-state index is -0.502. The monoisotopic (exact) mass is 465 g/mol. The highest BCUT2D eigenvalue weighted by Gasteiger charge is 2.44. The maximum absolute atomic E-state index is 13.3. The molecule has 2 N–H and O–H groups in total. The zero-order valence-electron chi connectivity index (χ0n) is 20.7. The average Bonchev–Trinajstić information content (AvgIpc) is 3.14. The quantitative estimate of drug-likeness (QED) is 0.574. The lowest BCUT2D eigenvalue weighted by Gasteiger charge is -2.28. The van der Waals surface area contributed by atoms with E-state index < -0.39 is 11.3 Å². The lowest BCUT2D eigenvalue weighted by atomic mass is 9.92. The van der Waals surface area contributed by atoms with Crippen molar-refractivity contribution >= 4 is 29.1 Å². The summed E-state index contributed by atoms with van der Waals surface area (Å²) in [6.07, 6.45) is 2.02. The number of rotatable bonds is 8. The molecule has 1 saturated heterocycles. The van der Waals surface area contributed by atoms with Gasteiger partial charge < -0.3 is 20.3 Å². The Morgan fingerprint density at radius 3 is 2.12 bits per heavy atom. The van der Waals surface area contributed by atoms with Crippen LogP contribution in [-0.2, 0) is 14.4 Å². The van der Waals surface area contributed by atoms with Crippen LogP contribution in [0, 0.1) is 11.3 Å². The van der Waals surface area contributed by atoms with E-state index in [9.17, 15) is 14.4 Å². The molecule has 0 radical (unpaired) electrons. The highest BCUT2D eigenvalue weighted by atomic mass is 16.5. The number of methoxy groups -OCH3 is 1. The van der Waals surface area contributed by atoms with Crippen molar-refractivity contribution in [2.45, 2.75) is 53.0 Å². The number of anilines is 2. The molecule has 1 fully saturated rings. The van der Waals surface area contributed by atoms with Crippen LogP contribution in [0.1, 0.15) is 58.6 Å². The summed E-state index contributed by atoms with van der Waals surface area (Å²) >= 11 is 0. The van der Waals surface area contributed by atoms with Crippen molar-refractivity contribution in [2.75, 3.05) is 24.3 Å². The Labute approximate surface area is 201 Å². The molecule has 1 aliphatic rings. The predicted molar refractivity (Wildman–Crippen MR) is 134 cm³/mol. The van der Waals surface area contributed by atoms with Crippen LogP contribution >= 0.6 is 0 Å². The highest BCUT2D eigenvalue weighted by molar-refractivity contribution is 5.98. The highest BCUT2D eigenvalue weighted by Crippen LogP contribution is 2.39. The van der Waals surface area contributed by atoms with Gasteiger partial charge in [0.1, 0.15) is 5.75 Å². The Morgan fingerprint density at radius 1 is 1.00 bits per heavy atom. The molecule has 2 atom stereocenters. The number of likely N-dealkylation sites (tertiary alicyclic amines) is 1. The second kappa shape index (κ2) is 10.7. The first-order chi connectivity index (χ1) is 16.1. The summed E-state index contributed by atoms with van der Waals surface area (Å²) in [5, 5.41) is 5.83. The molecule has 2 aromatic carbocycles. The molecular weight excluding hydrogens is 430 g/mol. The maximum atomic E-state index is 13.3. The number of ether oxygens (including phenoxy) is 1. The maximum Gasteiger partial charge on any atom is 0.230 e. The first-order valence-corrected chi connectivity index (χ1v) is 11.8. The normalized spacial score (nSPS) is 18.0. The first-order valence-electron chi connectivity index (χ1n) is 11.8. The third kappa shape index (κ3) is 5.95. The third-order valence-corrected chi connectivity index (χ3v) is 6.07. The van der Waals surface area contributed by atoms with Crippen LogP contribution in [0.15, 0.2) is 48.5 Å². The summed E-state index contributed by atoms with van der Waals surface area (Å²) in [5.74, 6) is -0.0524. The van der Waals surface area contributed by atoms with Gasteiger partial charge >= 0.3 is 0 Å². The Kier molecular flexibility index (Phi) is 7.97. The van der Waals surface area contributed by atoms with E-state index >= 15 is 0 Å². The van der Waals surface area contributed by atoms with Gasteiger partial charge in [-0.2, -0.15) is 0 Å². The number of carbonyl (C=O) groups excluding carboxylic acids is 3. The number of amides is 3. The zero-order chi connectivity index (χ0) is 24.9. The van der Waals surface area contributed by atoms with Crippen molar-refractivity contribution in [1.29, 1.82) is 0 Å². The van der Waals surface area contributed by atoms with E-state index in [1.165, 1.54) is 0 Å². The van der Waals surface area contributed by atoms with Gasteiger partial charge in [-0.05, 0) is 48.4 Å². The molecule has 2 aromatic rings. The molecule has 0 bridgehead atoms. The Morgan fingerprint density at radius 2 is 1.59 bits per heavy atom. The predicted octanol–water partition coefficient (Wildman–Crippen LogP) is 5.01. The molecule has 34 heavy (non-hydrogen) atoms. The van der Waals surface area contributed by atoms with Gasteiger partial charge in [0.25, 0.3) is 0 Å². The molecule has 1 aliphatic heterocycles. The minimum Gasteiger partial charge on any atom is -0.497 e. The molecule has 0 aromatic heterocycles. The summed E-state index contributed by atoms with van der Waals surface area (Å²) in [6, 6.07) is 14.3. The van der Waals surface area contributed by atoms with E-state index in [-0.39, 0.29) is 30.2 Å². The fourth-order valence-electron chi connectivity index (χ4n) is 4.02. The van der Waals surface area contributed by atoms with Crippen LogP contribution in [0.2, 0.25) is 0 Å². The van der Waals surface area contributed by atoms with E-state index in [0.29, 0.717) is 17.9 Å². The van der Waals surface area contributed by atoms with E-state index in [1.807, 2.05) is 49.9 Å². The van der Waals surface area contributed by atoms with Crippen LogP contribution in [0.25, 0.3) is 0 Å². The molecule has 3 rings (SSSR count). The van der Waals surface area contributed by atoms with Gasteiger partial charge in [-0.3, -0.25) is 14.4 Å². The van der Waals surface area contributed by atoms with Crippen molar-refractivity contribution in [1.82, 2.24) is 4.90 Å². The smallest absolute Gasteiger partial charge is 0.230 e. The number of nitrogens with zero attached hydrogens (tertiary/aromatic N) is 1. The van der Waals surface area contributed by atoms with Gasteiger partial charge in [0.15, 0.2) is 0 Å². The van der Waals surface area contributed by atoms with Gasteiger partial charge in [0, 0.05) is 29.8 Å². The van der Waals surface area contributed by atoms with Crippen molar-refractivity contribution in [2.24, 2.45) is 11.3 Å². The summed E-state index contributed by atoms with van der Waals surface area (Å²) in [6.45, 7) is 8.26. The molecule has 0 aliphatic carbocycles. The average molecular weight is 466 g/mol. The molecule has 0 spiro atoms. The molecule has 1 heterocycles. The van der Waals surface area contributed by atoms with Crippen LogP contribution in [-0.4, -0.2) is 36.3 Å². The lowest BCUT2D eigenvalue weighted by Crippen LogP contribution is -2.33. The van der Waals surface area contributed by atoms with Crippen molar-refractivity contribution in [3.05, 3.63) is 54.1 Å². The fourth-order valence-corrected chi connectivity index (χ4v) is 4.02. The summed E-state index contributed by atoms with van der Waals surface area (Å²) in [4.78, 5) is 40.2. The Bertz CT molecular complexity index is 1010. The third-order valence-electron chi connectivity index (χ3n) is 6.07. The molecule has 0 saturated carbocycles. The molecule has 2 unspecified atom stereocenters. The van der Waals surface area contributed by atoms with E-state index in [2.05, 4.69) is 17.6 Å². The number of hydrogen-bond acceptors (Lipinski definition) is 4. The van der Waals surface area contributed by atoms with Crippen molar-refractivity contribution in [3.63, 3.8) is 0 Å². The molecule has 7 heteroatoms. The van der Waals surface area contributed by atoms with Gasteiger partial charge in [0.05, 0.1) is 19.1 Å². The van der Waals surface area contributed by atoms with Gasteiger partial charge in [0.2, 0.25) is 17.7 Å². The van der Waals surface area contributed by atoms with Gasteiger partial charge in [-0.25, -0.2) is 0 Å². The molecular formula is C27H35N3O4. The number of hydrogen-bond donors (Lipinski definition) is 2. The lowest BCUT2D eigenvalue weighted by molar-refractivity contribution is -0.129. The summed E-state index contributed by atoms with van der Waals surface area (Å²) < 4.78 is 5.26. The fraction of sp³-hybridized carbons (Fsp3) is 0.444. The number of unbranched alkanes of at least 4 members (excludes halogenated alkanes) is 1. The second-order valence-electron chi connectivity index (χ2n) is 9.74. The van der Waals surface area contributed by atoms with Crippen LogP contribution < -0.4 is 15.4 Å². The summed E-state index contributed by atoms with van der Waals surface area (Å²) in [7, 11) is 1.61. The first kappa shape index (κ1) is 25.3. The largest absolute Gasteiger partial charge is 0.497 e. The standard InChI is InChI=1S/C27H35N3O4/c1-6-7-16-30-23(31)17-22(24(30)18-8-14-21(34-5)15-9-18)25(32)28-19-10-12-20(13-11-19)29-26(33)27(2,3)4/h8-15,22,24H,6-7,16-17H2,1-5H3,(H,28,32)(H,29,33). The van der Waals surface area contributed by atoms with Crippen LogP contribution in [0.5, 0.6) is 5.75 Å². The van der Waals surface area contributed by atoms with E-state index in [0.717, 1.165) is 24.2 Å². The van der Waals surface area contributed by atoms with Crippen LogP contribution in [0.4, 0.5) is 11.4 Å². The van der Waals surface area contributed by atoms with E-state index in [4.69, 9.17) is 4.74 Å². The number of benzene rings is 2. The summed E-state index contributed by atoms with van der Waals surface area (Å²) in [5.41, 5.74) is 1.70. The van der Waals surface area contributed by atoms with Gasteiger partial charge in [-0.15, -0.1) is 0 Å². The van der Waals surface area contributed by atoms with Crippen molar-refractivity contribution in [3.8, 4) is 5.75 Å². The zero-order valence-corrected chi connectivity index (χ0v) is 20.7. The van der Waals surface area contributed by atoms with Crippen molar-refractivity contribution < 1.29 is 19.1 Å². The number of nitrogens with one attached hydrogen (secondary N) is 2. The molecule has 182 valence electrons. The Hall–Kier alpha value is -3.35. The SMILES string of the molecule is CCCCN1C(=O)CC(C(=O)Nc2ccc(NC(=O)C(C)(C)C)cc2)C1c1ccc(OC)cc1. The Balaban J connectivity index is 1.77. The van der Waals surface area contributed by atoms with E-state index in [1.54, 1.807) is 31.4 Å². The second-order valence-corrected chi connectivity index (χ2v) is 9.74. The molecule has 7 nitrogen and oxygen atoms in total.